The number of halogens is 1. The van der Waals surface area contributed by atoms with E-state index in [9.17, 15) is 0 Å². The van der Waals surface area contributed by atoms with Crippen molar-refractivity contribution < 1.29 is 4.74 Å². The van der Waals surface area contributed by atoms with Crippen LogP contribution < -0.4 is 4.90 Å². The molecule has 0 aliphatic carbocycles. The summed E-state index contributed by atoms with van der Waals surface area (Å²) >= 11 is 3.56. The van der Waals surface area contributed by atoms with Crippen molar-refractivity contribution >= 4 is 21.6 Å². The quantitative estimate of drug-likeness (QED) is 0.867. The van der Waals surface area contributed by atoms with E-state index in [1.54, 1.807) is 18.1 Å². The van der Waals surface area contributed by atoms with Crippen LogP contribution in [-0.4, -0.2) is 41.3 Å². The number of methoxy groups -OCH3 is 1. The molecule has 3 rings (SSSR count). The first-order valence-corrected chi connectivity index (χ1v) is 6.90. The average molecular weight is 323 g/mol. The van der Waals surface area contributed by atoms with Gasteiger partial charge < -0.3 is 9.64 Å². The first kappa shape index (κ1) is 12.6. The molecule has 2 aromatic rings. The lowest BCUT2D eigenvalue weighted by atomic mass is 10.1. The van der Waals surface area contributed by atoms with Crippen molar-refractivity contribution in [1.82, 2.24) is 15.0 Å². The zero-order chi connectivity index (χ0) is 13.4. The molecule has 5 nitrogen and oxygen atoms in total. The highest BCUT2D eigenvalue weighted by Crippen LogP contribution is 2.30. The number of hydrogen-bond acceptors (Lipinski definition) is 4. The van der Waals surface area contributed by atoms with Gasteiger partial charge in [0.2, 0.25) is 0 Å². The van der Waals surface area contributed by atoms with Crippen molar-refractivity contribution in [2.24, 2.45) is 7.05 Å². The summed E-state index contributed by atoms with van der Waals surface area (Å²) in [4.78, 5) is 3.86. The van der Waals surface area contributed by atoms with Gasteiger partial charge in [-0.15, -0.1) is 0 Å². The lowest BCUT2D eigenvalue weighted by molar-refractivity contribution is 0.0788. The second-order valence-corrected chi connectivity index (χ2v) is 5.60. The molecule has 19 heavy (non-hydrogen) atoms. The number of rotatable bonds is 3. The van der Waals surface area contributed by atoms with E-state index in [0.717, 1.165) is 28.8 Å². The van der Waals surface area contributed by atoms with Crippen LogP contribution in [0, 0.1) is 0 Å². The summed E-state index contributed by atoms with van der Waals surface area (Å²) in [5.74, 6) is 0. The molecule has 6 heteroatoms. The zero-order valence-electron chi connectivity index (χ0n) is 10.9. The summed E-state index contributed by atoms with van der Waals surface area (Å²) in [5.41, 5.74) is 3.13. The van der Waals surface area contributed by atoms with Crippen LogP contribution in [0.1, 0.15) is 0 Å². The van der Waals surface area contributed by atoms with Gasteiger partial charge in [0.15, 0.2) is 0 Å². The maximum atomic E-state index is 5.31. The molecule has 1 aromatic carbocycles. The fourth-order valence-corrected chi connectivity index (χ4v) is 2.66. The van der Waals surface area contributed by atoms with Gasteiger partial charge in [-0.05, 0) is 18.2 Å². The largest absolute Gasteiger partial charge is 0.378 e. The summed E-state index contributed by atoms with van der Waals surface area (Å²) in [7, 11) is 3.58. The number of anilines is 1. The summed E-state index contributed by atoms with van der Waals surface area (Å²) < 4.78 is 6.35. The average Bonchev–Trinajstić information content (AvgIpc) is 2.74. The minimum atomic E-state index is 0.346. The van der Waals surface area contributed by atoms with Crippen LogP contribution in [0.2, 0.25) is 0 Å². The predicted molar refractivity (Wildman–Crippen MR) is 77.1 cm³/mol. The molecule has 1 saturated heterocycles. The number of nitrogens with zero attached hydrogens (tertiary/aromatic N) is 4. The molecule has 0 unspecified atom stereocenters. The van der Waals surface area contributed by atoms with E-state index in [0.29, 0.717) is 6.10 Å². The first-order valence-electron chi connectivity index (χ1n) is 6.11. The van der Waals surface area contributed by atoms with Crippen molar-refractivity contribution in [2.75, 3.05) is 25.1 Å². The molecule has 100 valence electrons. The maximum Gasteiger partial charge on any atom is 0.113 e. The molecule has 0 amide bonds. The number of ether oxygens (including phenoxy) is 1. The summed E-state index contributed by atoms with van der Waals surface area (Å²) in [6.45, 7) is 1.87. The van der Waals surface area contributed by atoms with E-state index in [-0.39, 0.29) is 0 Å². The molecular formula is C13H15BrN4O. The molecule has 0 N–H and O–H groups in total. The van der Waals surface area contributed by atoms with Crippen LogP contribution in [0.5, 0.6) is 0 Å². The summed E-state index contributed by atoms with van der Waals surface area (Å²) in [5, 5.41) is 8.45. The minimum Gasteiger partial charge on any atom is -0.378 e. The molecule has 1 aromatic heterocycles. The second-order valence-electron chi connectivity index (χ2n) is 4.68. The fourth-order valence-electron chi connectivity index (χ4n) is 2.18. The topological polar surface area (TPSA) is 43.2 Å². The molecule has 1 fully saturated rings. The van der Waals surface area contributed by atoms with E-state index >= 15 is 0 Å². The van der Waals surface area contributed by atoms with Crippen LogP contribution in [0.25, 0.3) is 11.3 Å². The number of aryl methyl sites for hydroxylation is 1. The SMILES string of the molecule is COC1CN(c2cc(Br)cc(-c3cnn(C)n3)c2)C1. The van der Waals surface area contributed by atoms with Gasteiger partial charge in [-0.2, -0.15) is 15.0 Å². The molecule has 2 heterocycles. The van der Waals surface area contributed by atoms with Crippen LogP contribution >= 0.6 is 15.9 Å². The lowest BCUT2D eigenvalue weighted by Gasteiger charge is -2.40. The number of aromatic nitrogens is 3. The molecule has 1 aliphatic rings. The van der Waals surface area contributed by atoms with Crippen LogP contribution in [-0.2, 0) is 11.8 Å². The molecule has 1 aliphatic heterocycles. The lowest BCUT2D eigenvalue weighted by Crippen LogP contribution is -2.51. The van der Waals surface area contributed by atoms with Gasteiger partial charge >= 0.3 is 0 Å². The van der Waals surface area contributed by atoms with Crippen molar-refractivity contribution in [3.05, 3.63) is 28.9 Å². The summed E-state index contributed by atoms with van der Waals surface area (Å²) in [6, 6.07) is 6.31. The molecule has 0 spiro atoms. The summed E-state index contributed by atoms with van der Waals surface area (Å²) in [6.07, 6.45) is 2.12. The van der Waals surface area contributed by atoms with E-state index in [4.69, 9.17) is 4.74 Å². The Morgan fingerprint density at radius 1 is 1.32 bits per heavy atom. The molecule has 0 saturated carbocycles. The first-order chi connectivity index (χ1) is 9.15. The van der Waals surface area contributed by atoms with Gasteiger partial charge in [0.1, 0.15) is 5.69 Å². The third-order valence-corrected chi connectivity index (χ3v) is 3.78. The Balaban J connectivity index is 1.89. The van der Waals surface area contributed by atoms with E-state index in [1.807, 2.05) is 7.05 Å². The monoisotopic (exact) mass is 322 g/mol. The van der Waals surface area contributed by atoms with E-state index in [1.165, 1.54) is 5.69 Å². The zero-order valence-corrected chi connectivity index (χ0v) is 12.5. The Kier molecular flexibility index (Phi) is 3.28. The molecule has 0 bridgehead atoms. The predicted octanol–water partition coefficient (Wildman–Crippen LogP) is 2.08. The van der Waals surface area contributed by atoms with Gasteiger partial charge in [-0.3, -0.25) is 0 Å². The van der Waals surface area contributed by atoms with Crippen LogP contribution in [0.4, 0.5) is 5.69 Å². The van der Waals surface area contributed by atoms with Crippen molar-refractivity contribution in [2.45, 2.75) is 6.10 Å². The smallest absolute Gasteiger partial charge is 0.113 e. The highest BCUT2D eigenvalue weighted by molar-refractivity contribution is 9.10. The van der Waals surface area contributed by atoms with Crippen molar-refractivity contribution in [3.8, 4) is 11.3 Å². The number of hydrogen-bond donors (Lipinski definition) is 0. The van der Waals surface area contributed by atoms with Gasteiger partial charge in [-0.1, -0.05) is 15.9 Å². The normalized spacial score (nSPS) is 15.6. The van der Waals surface area contributed by atoms with E-state index in [2.05, 4.69) is 49.2 Å². The van der Waals surface area contributed by atoms with Gasteiger partial charge in [-0.25, -0.2) is 0 Å². The molecule has 0 atom stereocenters. The highest BCUT2D eigenvalue weighted by atomic mass is 79.9. The third-order valence-electron chi connectivity index (χ3n) is 3.32. The fraction of sp³-hybridized carbons (Fsp3) is 0.385. The van der Waals surface area contributed by atoms with Crippen molar-refractivity contribution in [3.63, 3.8) is 0 Å². The Hall–Kier alpha value is -1.40. The Bertz CT molecular complexity index is 592. The minimum absolute atomic E-state index is 0.346. The molecule has 0 radical (unpaired) electrons. The van der Waals surface area contributed by atoms with Gasteiger partial charge in [0, 0.05) is 43.0 Å². The maximum absolute atomic E-state index is 5.31. The van der Waals surface area contributed by atoms with Crippen molar-refractivity contribution in [1.29, 1.82) is 0 Å². The Morgan fingerprint density at radius 2 is 2.11 bits per heavy atom. The van der Waals surface area contributed by atoms with E-state index < -0.39 is 0 Å². The van der Waals surface area contributed by atoms with Gasteiger partial charge in [0.05, 0.1) is 12.3 Å². The van der Waals surface area contributed by atoms with Crippen LogP contribution in [0.15, 0.2) is 28.9 Å². The van der Waals surface area contributed by atoms with Crippen LogP contribution in [0.3, 0.4) is 0 Å². The Labute approximate surface area is 120 Å². The Morgan fingerprint density at radius 3 is 2.74 bits per heavy atom. The standard InChI is InChI=1S/C13H15BrN4O/c1-17-15-6-13(16-17)9-3-10(14)5-11(4-9)18-7-12(8-18)19-2/h3-6,12H,7-8H2,1-2H3. The van der Waals surface area contributed by atoms with Gasteiger partial charge in [0.25, 0.3) is 0 Å². The third kappa shape index (κ3) is 2.50. The second kappa shape index (κ2) is 4.94. The molecular weight excluding hydrogens is 308 g/mol. The highest BCUT2D eigenvalue weighted by Gasteiger charge is 2.27. The number of benzene rings is 1.